The Bertz CT molecular complexity index is 1110. The fourth-order valence-electron chi connectivity index (χ4n) is 3.40. The zero-order chi connectivity index (χ0) is 21.8. The fraction of sp³-hybridized carbons (Fsp3) is 0.174. The maximum absolute atomic E-state index is 13.0. The van der Waals surface area contributed by atoms with Crippen LogP contribution < -0.4 is 15.2 Å². The molecular weight excluding hydrogens is 398 g/mol. The Hall–Kier alpha value is -4.07. The van der Waals surface area contributed by atoms with Crippen LogP contribution in [0.5, 0.6) is 11.5 Å². The summed E-state index contributed by atoms with van der Waals surface area (Å²) in [7, 11) is 1.60. The van der Waals surface area contributed by atoms with E-state index in [0.717, 1.165) is 17.0 Å². The summed E-state index contributed by atoms with van der Waals surface area (Å²) in [5.74, 6) is 0.607. The van der Waals surface area contributed by atoms with E-state index >= 15 is 0 Å². The SMILES string of the molecule is COc1ccc(C2=NN(C(=O)COc3ccccc3C(N)=O)[C@@H](c3ccco3)C2)cc1. The zero-order valence-electron chi connectivity index (χ0n) is 16.9. The second-order valence-electron chi connectivity index (χ2n) is 6.90. The second-order valence-corrected chi connectivity index (χ2v) is 6.90. The van der Waals surface area contributed by atoms with Gasteiger partial charge in [0.25, 0.3) is 11.8 Å². The molecule has 1 atom stereocenters. The highest BCUT2D eigenvalue weighted by atomic mass is 16.5. The summed E-state index contributed by atoms with van der Waals surface area (Å²) in [5, 5.41) is 5.92. The second kappa shape index (κ2) is 8.74. The van der Waals surface area contributed by atoms with Crippen molar-refractivity contribution in [3.63, 3.8) is 0 Å². The Morgan fingerprint density at radius 1 is 1.13 bits per heavy atom. The lowest BCUT2D eigenvalue weighted by atomic mass is 10.0. The average molecular weight is 419 g/mol. The number of amides is 2. The highest BCUT2D eigenvalue weighted by Gasteiger charge is 2.35. The van der Waals surface area contributed by atoms with Gasteiger partial charge in [-0.3, -0.25) is 9.59 Å². The smallest absolute Gasteiger partial charge is 0.281 e. The molecule has 2 aromatic carbocycles. The lowest BCUT2D eigenvalue weighted by Gasteiger charge is -2.20. The molecule has 1 aromatic heterocycles. The maximum Gasteiger partial charge on any atom is 0.281 e. The van der Waals surface area contributed by atoms with Gasteiger partial charge in [0.15, 0.2) is 6.61 Å². The van der Waals surface area contributed by atoms with Gasteiger partial charge in [-0.2, -0.15) is 5.10 Å². The quantitative estimate of drug-likeness (QED) is 0.633. The van der Waals surface area contributed by atoms with Gasteiger partial charge in [0.2, 0.25) is 0 Å². The molecule has 8 nitrogen and oxygen atoms in total. The molecule has 2 heterocycles. The number of hydrazone groups is 1. The number of nitrogens with two attached hydrogens (primary N) is 1. The van der Waals surface area contributed by atoms with Crippen molar-refractivity contribution >= 4 is 17.5 Å². The molecule has 1 aliphatic rings. The van der Waals surface area contributed by atoms with Gasteiger partial charge >= 0.3 is 0 Å². The summed E-state index contributed by atoms with van der Waals surface area (Å²) in [5.41, 5.74) is 7.21. The van der Waals surface area contributed by atoms with Crippen LogP contribution in [0.2, 0.25) is 0 Å². The van der Waals surface area contributed by atoms with Crippen molar-refractivity contribution in [1.29, 1.82) is 0 Å². The van der Waals surface area contributed by atoms with Crippen LogP contribution in [0.3, 0.4) is 0 Å². The molecule has 3 aromatic rings. The lowest BCUT2D eigenvalue weighted by Crippen LogP contribution is -2.31. The molecule has 0 radical (unpaired) electrons. The van der Waals surface area contributed by atoms with Gasteiger partial charge in [-0.05, 0) is 54.1 Å². The summed E-state index contributed by atoms with van der Waals surface area (Å²) in [6.07, 6.45) is 2.05. The van der Waals surface area contributed by atoms with E-state index in [9.17, 15) is 9.59 Å². The molecule has 31 heavy (non-hydrogen) atoms. The van der Waals surface area contributed by atoms with E-state index in [1.807, 2.05) is 24.3 Å². The summed E-state index contributed by atoms with van der Waals surface area (Å²) in [6, 6.07) is 17.2. The maximum atomic E-state index is 13.0. The normalized spacial score (nSPS) is 15.5. The van der Waals surface area contributed by atoms with E-state index < -0.39 is 11.9 Å². The van der Waals surface area contributed by atoms with Crippen molar-refractivity contribution in [2.24, 2.45) is 10.8 Å². The van der Waals surface area contributed by atoms with Gasteiger partial charge in [-0.25, -0.2) is 5.01 Å². The fourth-order valence-corrected chi connectivity index (χ4v) is 3.40. The molecule has 0 fully saturated rings. The summed E-state index contributed by atoms with van der Waals surface area (Å²) in [4.78, 5) is 24.6. The van der Waals surface area contributed by atoms with Gasteiger partial charge in [-0.1, -0.05) is 12.1 Å². The Kier molecular flexibility index (Phi) is 5.70. The predicted molar refractivity (Wildman–Crippen MR) is 113 cm³/mol. The van der Waals surface area contributed by atoms with E-state index in [1.54, 1.807) is 49.8 Å². The van der Waals surface area contributed by atoms with Gasteiger partial charge in [0.05, 0.1) is 24.6 Å². The Morgan fingerprint density at radius 2 is 1.90 bits per heavy atom. The van der Waals surface area contributed by atoms with E-state index in [4.69, 9.17) is 19.6 Å². The number of carbonyl (C=O) groups is 2. The van der Waals surface area contributed by atoms with Crippen molar-refractivity contribution < 1.29 is 23.5 Å². The monoisotopic (exact) mass is 419 g/mol. The molecule has 0 saturated heterocycles. The molecule has 0 bridgehead atoms. The Labute approximate surface area is 178 Å². The predicted octanol–water partition coefficient (Wildman–Crippen LogP) is 3.14. The molecule has 158 valence electrons. The van der Waals surface area contributed by atoms with Crippen molar-refractivity contribution in [1.82, 2.24) is 5.01 Å². The number of rotatable bonds is 7. The molecule has 1 aliphatic heterocycles. The standard InChI is InChI=1S/C23H21N3O5/c1-29-16-10-8-15(9-11-16)18-13-19(21-7-4-12-30-21)26(25-18)22(27)14-31-20-6-3-2-5-17(20)23(24)28/h2-12,19H,13-14H2,1H3,(H2,24,28)/t19-/m1/s1. The first-order chi connectivity index (χ1) is 15.1. The molecule has 8 heteroatoms. The van der Waals surface area contributed by atoms with Crippen LogP contribution >= 0.6 is 0 Å². The van der Waals surface area contributed by atoms with Crippen LogP contribution in [0.1, 0.15) is 34.1 Å². The molecule has 0 unspecified atom stereocenters. The van der Waals surface area contributed by atoms with Crippen LogP contribution in [0.15, 0.2) is 76.4 Å². The number of primary amides is 1. The van der Waals surface area contributed by atoms with E-state index in [-0.39, 0.29) is 23.8 Å². The number of furan rings is 1. The number of para-hydroxylation sites is 1. The number of nitrogens with zero attached hydrogens (tertiary/aromatic N) is 2. The number of carbonyl (C=O) groups excluding carboxylic acids is 2. The minimum absolute atomic E-state index is 0.210. The number of methoxy groups -OCH3 is 1. The first kappa shape index (κ1) is 20.2. The van der Waals surface area contributed by atoms with Gasteiger partial charge in [0.1, 0.15) is 23.3 Å². The number of benzene rings is 2. The van der Waals surface area contributed by atoms with Crippen molar-refractivity contribution in [3.05, 3.63) is 83.8 Å². The summed E-state index contributed by atoms with van der Waals surface area (Å²) < 4.78 is 16.3. The van der Waals surface area contributed by atoms with E-state index in [0.29, 0.717) is 12.2 Å². The van der Waals surface area contributed by atoms with Crippen LogP contribution in [0, 0.1) is 0 Å². The highest BCUT2D eigenvalue weighted by molar-refractivity contribution is 6.03. The number of hydrogen-bond donors (Lipinski definition) is 1. The Balaban J connectivity index is 1.56. The third-order valence-corrected chi connectivity index (χ3v) is 4.96. The molecule has 2 N–H and O–H groups in total. The molecule has 0 aliphatic carbocycles. The van der Waals surface area contributed by atoms with Gasteiger partial charge < -0.3 is 19.6 Å². The molecular formula is C23H21N3O5. The highest BCUT2D eigenvalue weighted by Crippen LogP contribution is 2.33. The first-order valence-corrected chi connectivity index (χ1v) is 9.66. The van der Waals surface area contributed by atoms with Gasteiger partial charge in [0, 0.05) is 6.42 Å². The van der Waals surface area contributed by atoms with Crippen LogP contribution in [-0.4, -0.2) is 36.3 Å². The average Bonchev–Trinajstić information content (AvgIpc) is 3.47. The molecule has 0 spiro atoms. The first-order valence-electron chi connectivity index (χ1n) is 9.66. The van der Waals surface area contributed by atoms with E-state index in [2.05, 4.69) is 5.10 Å². The number of ether oxygens (including phenoxy) is 2. The number of hydrogen-bond acceptors (Lipinski definition) is 6. The minimum atomic E-state index is -0.627. The lowest BCUT2D eigenvalue weighted by molar-refractivity contribution is -0.135. The summed E-state index contributed by atoms with van der Waals surface area (Å²) in [6.45, 7) is -0.305. The van der Waals surface area contributed by atoms with Crippen LogP contribution in [0.25, 0.3) is 0 Å². The van der Waals surface area contributed by atoms with Crippen molar-refractivity contribution in [2.45, 2.75) is 12.5 Å². The summed E-state index contributed by atoms with van der Waals surface area (Å²) >= 11 is 0. The molecule has 0 saturated carbocycles. The third kappa shape index (κ3) is 4.28. The van der Waals surface area contributed by atoms with Crippen LogP contribution in [-0.2, 0) is 4.79 Å². The molecule has 4 rings (SSSR count). The minimum Gasteiger partial charge on any atom is -0.497 e. The van der Waals surface area contributed by atoms with Crippen molar-refractivity contribution in [3.8, 4) is 11.5 Å². The zero-order valence-corrected chi connectivity index (χ0v) is 16.9. The third-order valence-electron chi connectivity index (χ3n) is 4.96. The molecule has 2 amide bonds. The Morgan fingerprint density at radius 3 is 2.58 bits per heavy atom. The van der Waals surface area contributed by atoms with Gasteiger partial charge in [-0.15, -0.1) is 0 Å². The topological polar surface area (TPSA) is 107 Å². The van der Waals surface area contributed by atoms with Crippen LogP contribution in [0.4, 0.5) is 0 Å². The van der Waals surface area contributed by atoms with Crippen molar-refractivity contribution in [2.75, 3.05) is 13.7 Å². The van der Waals surface area contributed by atoms with E-state index in [1.165, 1.54) is 5.01 Å². The largest absolute Gasteiger partial charge is 0.497 e.